The van der Waals surface area contributed by atoms with Crippen molar-refractivity contribution in [2.24, 2.45) is 0 Å². The number of methoxy groups -OCH3 is 2. The lowest BCUT2D eigenvalue weighted by atomic mass is 10.1. The summed E-state index contributed by atoms with van der Waals surface area (Å²) in [4.78, 5) is 56.8. The summed E-state index contributed by atoms with van der Waals surface area (Å²) < 4.78 is 9.23. The van der Waals surface area contributed by atoms with E-state index in [0.29, 0.717) is 6.07 Å². The van der Waals surface area contributed by atoms with Crippen LogP contribution in [0.1, 0.15) is 31.1 Å². The van der Waals surface area contributed by atoms with Gasteiger partial charge in [-0.15, -0.1) is 0 Å². The van der Waals surface area contributed by atoms with Crippen molar-refractivity contribution in [3.63, 3.8) is 0 Å². The molecule has 0 bridgehead atoms. The highest BCUT2D eigenvalue weighted by Crippen LogP contribution is 2.26. The Morgan fingerprint density at radius 1 is 0.862 bits per heavy atom. The van der Waals surface area contributed by atoms with E-state index < -0.39 is 44.6 Å². The highest BCUT2D eigenvalue weighted by molar-refractivity contribution is 6.13. The van der Waals surface area contributed by atoms with Gasteiger partial charge < -0.3 is 14.8 Å². The van der Waals surface area contributed by atoms with E-state index in [1.807, 2.05) is 0 Å². The molecule has 0 saturated carbocycles. The van der Waals surface area contributed by atoms with Gasteiger partial charge in [-0.2, -0.15) is 0 Å². The molecule has 0 unspecified atom stereocenters. The topological polar surface area (TPSA) is 168 Å². The number of rotatable bonds is 6. The zero-order valence-electron chi connectivity index (χ0n) is 15.0. The van der Waals surface area contributed by atoms with Crippen molar-refractivity contribution in [3.8, 4) is 0 Å². The van der Waals surface area contributed by atoms with Crippen LogP contribution in [0.15, 0.2) is 36.4 Å². The summed E-state index contributed by atoms with van der Waals surface area (Å²) in [6.45, 7) is 0. The van der Waals surface area contributed by atoms with Gasteiger partial charge >= 0.3 is 11.9 Å². The summed E-state index contributed by atoms with van der Waals surface area (Å²) in [5, 5.41) is 24.3. The van der Waals surface area contributed by atoms with E-state index in [0.717, 1.165) is 26.4 Å². The van der Waals surface area contributed by atoms with Gasteiger partial charge in [-0.1, -0.05) is 6.07 Å². The number of carbonyl (C=O) groups is 3. The molecule has 0 fully saturated rings. The highest BCUT2D eigenvalue weighted by Gasteiger charge is 2.24. The molecule has 2 aromatic carbocycles. The van der Waals surface area contributed by atoms with Crippen LogP contribution in [0.2, 0.25) is 0 Å². The van der Waals surface area contributed by atoms with Crippen LogP contribution >= 0.6 is 0 Å². The maximum absolute atomic E-state index is 12.6. The van der Waals surface area contributed by atoms with Crippen LogP contribution in [-0.4, -0.2) is 41.9 Å². The molecule has 0 radical (unpaired) electrons. The van der Waals surface area contributed by atoms with Gasteiger partial charge in [0.15, 0.2) is 0 Å². The van der Waals surface area contributed by atoms with Gasteiger partial charge in [0.05, 0.1) is 52.5 Å². The molecule has 2 aromatic rings. The minimum absolute atomic E-state index is 0.191. The number of anilines is 1. The maximum atomic E-state index is 12.6. The second kappa shape index (κ2) is 8.56. The van der Waals surface area contributed by atoms with Crippen LogP contribution in [0.5, 0.6) is 0 Å². The van der Waals surface area contributed by atoms with Gasteiger partial charge in [-0.3, -0.25) is 25.0 Å². The van der Waals surface area contributed by atoms with E-state index in [1.54, 1.807) is 0 Å². The van der Waals surface area contributed by atoms with E-state index >= 15 is 0 Å². The monoisotopic (exact) mass is 403 g/mol. The smallest absolute Gasteiger partial charge is 0.340 e. The quantitative estimate of drug-likeness (QED) is 0.432. The first-order valence-electron chi connectivity index (χ1n) is 7.74. The van der Waals surface area contributed by atoms with Gasteiger partial charge in [-0.25, -0.2) is 9.59 Å². The second-order valence-corrected chi connectivity index (χ2v) is 5.42. The summed E-state index contributed by atoms with van der Waals surface area (Å²) in [7, 11) is 2.17. The molecular weight excluding hydrogens is 390 g/mol. The molecule has 150 valence electrons. The zero-order valence-corrected chi connectivity index (χ0v) is 15.0. The zero-order chi connectivity index (χ0) is 21.7. The molecule has 12 nitrogen and oxygen atoms in total. The fraction of sp³-hybridized carbons (Fsp3) is 0.118. The Morgan fingerprint density at radius 2 is 1.31 bits per heavy atom. The number of para-hydroxylation sites is 1. The lowest BCUT2D eigenvalue weighted by Crippen LogP contribution is -2.19. The van der Waals surface area contributed by atoms with Crippen LogP contribution in [0.3, 0.4) is 0 Å². The Morgan fingerprint density at radius 3 is 1.69 bits per heavy atom. The lowest BCUT2D eigenvalue weighted by molar-refractivity contribution is -0.394. The van der Waals surface area contributed by atoms with E-state index in [2.05, 4.69) is 14.8 Å². The molecule has 0 aliphatic heterocycles. The Hall–Kier alpha value is -4.35. The number of esters is 2. The van der Waals surface area contributed by atoms with Crippen molar-refractivity contribution >= 4 is 34.9 Å². The number of ether oxygens (including phenoxy) is 2. The first-order chi connectivity index (χ1) is 13.7. The van der Waals surface area contributed by atoms with Crippen molar-refractivity contribution in [2.45, 2.75) is 0 Å². The number of amides is 1. The first kappa shape index (κ1) is 21.0. The predicted molar refractivity (Wildman–Crippen MR) is 96.8 cm³/mol. The predicted octanol–water partition coefficient (Wildman–Crippen LogP) is 2.33. The maximum Gasteiger partial charge on any atom is 0.340 e. The van der Waals surface area contributed by atoms with Crippen LogP contribution in [0, 0.1) is 20.2 Å². The van der Waals surface area contributed by atoms with Gasteiger partial charge in [0.2, 0.25) is 0 Å². The molecule has 0 aromatic heterocycles. The van der Waals surface area contributed by atoms with Crippen molar-refractivity contribution in [1.29, 1.82) is 0 Å². The average molecular weight is 403 g/mol. The molecule has 0 aliphatic rings. The van der Waals surface area contributed by atoms with Crippen molar-refractivity contribution in [1.82, 2.24) is 0 Å². The lowest BCUT2D eigenvalue weighted by Gasteiger charge is -2.13. The Labute approximate surface area is 162 Å². The fourth-order valence-electron chi connectivity index (χ4n) is 2.37. The third-order valence-electron chi connectivity index (χ3n) is 3.70. The number of nitrogens with one attached hydrogen (secondary N) is 1. The molecule has 0 spiro atoms. The number of hydrogen-bond acceptors (Lipinski definition) is 9. The molecule has 0 saturated heterocycles. The third-order valence-corrected chi connectivity index (χ3v) is 3.70. The van der Waals surface area contributed by atoms with Gasteiger partial charge in [0.25, 0.3) is 17.3 Å². The van der Waals surface area contributed by atoms with Gasteiger partial charge in [0, 0.05) is 12.1 Å². The van der Waals surface area contributed by atoms with Crippen molar-refractivity contribution < 1.29 is 33.7 Å². The highest BCUT2D eigenvalue weighted by atomic mass is 16.6. The largest absolute Gasteiger partial charge is 0.465 e. The van der Waals surface area contributed by atoms with Crippen LogP contribution in [-0.2, 0) is 9.47 Å². The molecule has 2 rings (SSSR count). The van der Waals surface area contributed by atoms with Crippen LogP contribution in [0.4, 0.5) is 17.1 Å². The van der Waals surface area contributed by atoms with Crippen LogP contribution < -0.4 is 5.32 Å². The summed E-state index contributed by atoms with van der Waals surface area (Å²) in [6.07, 6.45) is 0. The molecular formula is C17H13N3O9. The summed E-state index contributed by atoms with van der Waals surface area (Å²) in [6, 6.07) is 6.22. The number of carbonyl (C=O) groups excluding carboxylic acids is 3. The molecule has 1 amide bonds. The SMILES string of the molecule is COC(=O)c1cccc(C(=O)OC)c1NC(=O)c1cc([N+](=O)[O-])cc([N+](=O)[O-])c1. The standard InChI is InChI=1S/C17H13N3O9/c1-28-16(22)12-4-3-5-13(17(23)29-2)14(12)18-15(21)9-6-10(19(24)25)8-11(7-9)20(26)27/h3-8H,1-2H3,(H,18,21). The number of nitro benzene ring substituents is 2. The van der Waals surface area contributed by atoms with E-state index in [9.17, 15) is 34.6 Å². The Kier molecular flexibility index (Phi) is 6.19. The summed E-state index contributed by atoms with van der Waals surface area (Å²) >= 11 is 0. The normalized spacial score (nSPS) is 10.0. The van der Waals surface area contributed by atoms with Crippen molar-refractivity contribution in [2.75, 3.05) is 19.5 Å². The number of benzene rings is 2. The van der Waals surface area contributed by atoms with E-state index in [1.165, 1.54) is 18.2 Å². The Bertz CT molecular complexity index is 966. The molecule has 0 atom stereocenters. The molecule has 1 N–H and O–H groups in total. The second-order valence-electron chi connectivity index (χ2n) is 5.42. The molecule has 0 heterocycles. The number of nitrogens with zero attached hydrogens (tertiary/aromatic N) is 2. The van der Waals surface area contributed by atoms with Crippen molar-refractivity contribution in [3.05, 3.63) is 73.3 Å². The van der Waals surface area contributed by atoms with Crippen LogP contribution in [0.25, 0.3) is 0 Å². The minimum Gasteiger partial charge on any atom is -0.465 e. The summed E-state index contributed by atoms with van der Waals surface area (Å²) in [5.74, 6) is -2.79. The number of non-ortho nitro benzene ring substituents is 2. The molecule has 12 heteroatoms. The fourth-order valence-corrected chi connectivity index (χ4v) is 2.37. The Balaban J connectivity index is 2.58. The summed E-state index contributed by atoms with van der Waals surface area (Å²) in [5.41, 5.74) is -2.45. The van der Waals surface area contributed by atoms with E-state index in [-0.39, 0.29) is 16.8 Å². The molecule has 29 heavy (non-hydrogen) atoms. The minimum atomic E-state index is -1.03. The third kappa shape index (κ3) is 4.50. The van der Waals surface area contributed by atoms with E-state index in [4.69, 9.17) is 0 Å². The first-order valence-corrected chi connectivity index (χ1v) is 7.74. The number of hydrogen-bond donors (Lipinski definition) is 1. The van der Waals surface area contributed by atoms with Gasteiger partial charge in [-0.05, 0) is 12.1 Å². The average Bonchev–Trinajstić information content (AvgIpc) is 2.72. The van der Waals surface area contributed by atoms with Gasteiger partial charge in [0.1, 0.15) is 0 Å². The molecule has 0 aliphatic carbocycles. The number of nitro groups is 2.